The number of hydrogen-bond donors (Lipinski definition) is 1. The number of amides is 1. The summed E-state index contributed by atoms with van der Waals surface area (Å²) >= 11 is 0. The molecular formula is C14H20NO5P. The number of Topliss-reactive ketones (excluding diaryl/α,β-unsaturated/α-hetero) is 1. The highest BCUT2D eigenvalue weighted by molar-refractivity contribution is 7.55. The second kappa shape index (κ2) is 8.08. The summed E-state index contributed by atoms with van der Waals surface area (Å²) in [5.74, 6) is -2.34. The Bertz CT molecular complexity index is 521. The van der Waals surface area contributed by atoms with Crippen molar-refractivity contribution in [3.05, 3.63) is 35.9 Å². The van der Waals surface area contributed by atoms with E-state index in [0.29, 0.717) is 5.56 Å². The summed E-state index contributed by atoms with van der Waals surface area (Å²) in [7, 11) is -3.79. The van der Waals surface area contributed by atoms with E-state index < -0.39 is 25.1 Å². The van der Waals surface area contributed by atoms with E-state index in [1.807, 2.05) is 0 Å². The number of benzene rings is 1. The minimum absolute atomic E-state index is 0.107. The third-order valence-corrected chi connectivity index (χ3v) is 4.81. The molecule has 116 valence electrons. The lowest BCUT2D eigenvalue weighted by Crippen LogP contribution is -2.40. The Kier molecular flexibility index (Phi) is 6.75. The Hall–Kier alpha value is -1.49. The molecule has 21 heavy (non-hydrogen) atoms. The number of rotatable bonds is 8. The van der Waals surface area contributed by atoms with Gasteiger partial charge in [-0.3, -0.25) is 14.2 Å². The van der Waals surface area contributed by atoms with Crippen LogP contribution in [-0.2, 0) is 18.4 Å². The van der Waals surface area contributed by atoms with Crippen LogP contribution in [0, 0.1) is 0 Å². The average Bonchev–Trinajstić information content (AvgIpc) is 2.45. The zero-order valence-electron chi connectivity index (χ0n) is 12.4. The molecule has 0 radical (unpaired) electrons. The first kappa shape index (κ1) is 17.6. The molecule has 1 aromatic rings. The Balaban J connectivity index is 3.17. The van der Waals surface area contributed by atoms with Crippen LogP contribution in [-0.4, -0.2) is 30.7 Å². The molecule has 7 heteroatoms. The van der Waals surface area contributed by atoms with Gasteiger partial charge in [0.05, 0.1) is 13.2 Å². The predicted molar refractivity (Wildman–Crippen MR) is 79.2 cm³/mol. The van der Waals surface area contributed by atoms with E-state index in [0.717, 1.165) is 0 Å². The van der Waals surface area contributed by atoms with E-state index in [9.17, 15) is 14.2 Å². The molecule has 0 fully saturated rings. The molecular weight excluding hydrogens is 293 g/mol. The maximum absolute atomic E-state index is 12.8. The van der Waals surface area contributed by atoms with Crippen LogP contribution < -0.4 is 5.32 Å². The third kappa shape index (κ3) is 4.77. The fraction of sp³-hybridized carbons (Fsp3) is 0.429. The largest absolute Gasteiger partial charge is 0.360 e. The molecule has 0 unspecified atom stereocenters. The van der Waals surface area contributed by atoms with Gasteiger partial charge in [-0.2, -0.15) is 0 Å². The molecule has 1 amide bonds. The molecule has 0 saturated heterocycles. The molecule has 0 heterocycles. The van der Waals surface area contributed by atoms with Crippen molar-refractivity contribution in [2.24, 2.45) is 0 Å². The highest BCUT2D eigenvalue weighted by Crippen LogP contribution is 2.52. The average molecular weight is 313 g/mol. The SMILES string of the molecule is CCOP(=O)(OCC)[C@H](NC(C)=O)C(=O)c1ccccc1. The highest BCUT2D eigenvalue weighted by Gasteiger charge is 2.42. The maximum atomic E-state index is 12.8. The topological polar surface area (TPSA) is 81.7 Å². The van der Waals surface area contributed by atoms with Crippen LogP contribution in [0.15, 0.2) is 30.3 Å². The number of hydrogen-bond acceptors (Lipinski definition) is 5. The van der Waals surface area contributed by atoms with E-state index in [1.165, 1.54) is 6.92 Å². The van der Waals surface area contributed by atoms with Gasteiger partial charge in [0.1, 0.15) is 0 Å². The van der Waals surface area contributed by atoms with E-state index in [4.69, 9.17) is 9.05 Å². The molecule has 1 N–H and O–H groups in total. The van der Waals surface area contributed by atoms with Gasteiger partial charge in [0, 0.05) is 12.5 Å². The molecule has 1 atom stereocenters. The lowest BCUT2D eigenvalue weighted by atomic mass is 10.1. The number of carbonyl (C=O) groups excluding carboxylic acids is 2. The van der Waals surface area contributed by atoms with Gasteiger partial charge in [-0.05, 0) is 13.8 Å². The molecule has 0 aromatic heterocycles. The van der Waals surface area contributed by atoms with E-state index in [1.54, 1.807) is 44.2 Å². The summed E-state index contributed by atoms with van der Waals surface area (Å²) in [5, 5.41) is 2.39. The third-order valence-electron chi connectivity index (χ3n) is 2.58. The maximum Gasteiger partial charge on any atom is 0.360 e. The van der Waals surface area contributed by atoms with Gasteiger partial charge in [-0.1, -0.05) is 30.3 Å². The van der Waals surface area contributed by atoms with Gasteiger partial charge >= 0.3 is 7.60 Å². The second-order valence-electron chi connectivity index (χ2n) is 4.21. The van der Waals surface area contributed by atoms with Crippen molar-refractivity contribution < 1.29 is 23.2 Å². The van der Waals surface area contributed by atoms with Crippen LogP contribution in [0.3, 0.4) is 0 Å². The standard InChI is InChI=1S/C14H20NO5P/c1-4-19-21(18,20-5-2)14(15-11(3)16)13(17)12-9-7-6-8-10-12/h6-10,14H,4-5H2,1-3H3,(H,15,16)/t14-/m0/s1. The van der Waals surface area contributed by atoms with Gasteiger partial charge in [-0.25, -0.2) is 0 Å². The van der Waals surface area contributed by atoms with Crippen molar-refractivity contribution in [1.82, 2.24) is 5.32 Å². The van der Waals surface area contributed by atoms with Gasteiger partial charge in [0.2, 0.25) is 5.91 Å². The van der Waals surface area contributed by atoms with Gasteiger partial charge < -0.3 is 14.4 Å². The van der Waals surface area contributed by atoms with Crippen LogP contribution in [0.5, 0.6) is 0 Å². The van der Waals surface area contributed by atoms with Crippen LogP contribution in [0.2, 0.25) is 0 Å². The quantitative estimate of drug-likeness (QED) is 0.589. The van der Waals surface area contributed by atoms with Crippen molar-refractivity contribution in [1.29, 1.82) is 0 Å². The number of carbonyl (C=O) groups is 2. The smallest absolute Gasteiger partial charge is 0.336 e. The summed E-state index contributed by atoms with van der Waals surface area (Å²) in [6.45, 7) is 4.74. The van der Waals surface area contributed by atoms with Crippen molar-refractivity contribution in [3.8, 4) is 0 Å². The Morgan fingerprint density at radius 1 is 1.14 bits per heavy atom. The van der Waals surface area contributed by atoms with Crippen LogP contribution in [0.25, 0.3) is 0 Å². The zero-order chi connectivity index (χ0) is 15.9. The molecule has 0 aliphatic carbocycles. The molecule has 0 bridgehead atoms. The first-order valence-corrected chi connectivity index (χ1v) is 8.31. The van der Waals surface area contributed by atoms with Crippen molar-refractivity contribution >= 4 is 19.3 Å². The van der Waals surface area contributed by atoms with Crippen molar-refractivity contribution in [2.75, 3.05) is 13.2 Å². The van der Waals surface area contributed by atoms with Gasteiger partial charge in [0.25, 0.3) is 0 Å². The molecule has 0 aliphatic rings. The minimum Gasteiger partial charge on any atom is -0.336 e. The molecule has 1 aromatic carbocycles. The fourth-order valence-corrected chi connectivity index (χ4v) is 3.66. The lowest BCUT2D eigenvalue weighted by Gasteiger charge is -2.25. The van der Waals surface area contributed by atoms with E-state index in [-0.39, 0.29) is 13.2 Å². The molecule has 0 aliphatic heterocycles. The summed E-state index contributed by atoms with van der Waals surface area (Å²) in [6.07, 6.45) is 0. The Morgan fingerprint density at radius 2 is 1.67 bits per heavy atom. The van der Waals surface area contributed by atoms with E-state index in [2.05, 4.69) is 5.32 Å². The number of ketones is 1. The summed E-state index contributed by atoms with van der Waals surface area (Å²) in [4.78, 5) is 23.9. The zero-order valence-corrected chi connectivity index (χ0v) is 13.3. The number of nitrogens with one attached hydrogen (secondary N) is 1. The molecule has 6 nitrogen and oxygen atoms in total. The normalized spacial score (nSPS) is 12.7. The summed E-state index contributed by atoms with van der Waals surface area (Å²) in [6, 6.07) is 8.29. The first-order chi connectivity index (χ1) is 9.94. The van der Waals surface area contributed by atoms with Gasteiger partial charge in [-0.15, -0.1) is 0 Å². The monoisotopic (exact) mass is 313 g/mol. The predicted octanol–water partition coefficient (Wildman–Crippen LogP) is 2.60. The van der Waals surface area contributed by atoms with Crippen LogP contribution in [0.4, 0.5) is 0 Å². The lowest BCUT2D eigenvalue weighted by molar-refractivity contribution is -0.119. The van der Waals surface area contributed by atoms with Gasteiger partial charge in [0.15, 0.2) is 11.6 Å². The highest BCUT2D eigenvalue weighted by atomic mass is 31.2. The summed E-state index contributed by atoms with van der Waals surface area (Å²) < 4.78 is 23.1. The first-order valence-electron chi connectivity index (χ1n) is 6.69. The van der Waals surface area contributed by atoms with Crippen LogP contribution in [0.1, 0.15) is 31.1 Å². The fourth-order valence-electron chi connectivity index (χ4n) is 1.79. The van der Waals surface area contributed by atoms with Crippen molar-refractivity contribution in [3.63, 3.8) is 0 Å². The van der Waals surface area contributed by atoms with Crippen molar-refractivity contribution in [2.45, 2.75) is 26.6 Å². The second-order valence-corrected chi connectivity index (χ2v) is 6.32. The molecule has 0 saturated carbocycles. The minimum atomic E-state index is -3.79. The van der Waals surface area contributed by atoms with E-state index >= 15 is 0 Å². The Labute approximate surface area is 124 Å². The van der Waals surface area contributed by atoms with Crippen LogP contribution >= 0.6 is 7.60 Å². The summed E-state index contributed by atoms with van der Waals surface area (Å²) in [5.41, 5.74) is 0.330. The molecule has 0 spiro atoms. The molecule has 1 rings (SSSR count). The Morgan fingerprint density at radius 3 is 2.10 bits per heavy atom.